The third kappa shape index (κ3) is 7.41. The fourth-order valence-corrected chi connectivity index (χ4v) is 2.28. The van der Waals surface area contributed by atoms with Crippen LogP contribution in [0.1, 0.15) is 53.4 Å². The van der Waals surface area contributed by atoms with Crippen LogP contribution in [-0.2, 0) is 4.74 Å². The van der Waals surface area contributed by atoms with Crippen LogP contribution < -0.4 is 4.90 Å². The lowest BCUT2D eigenvalue weighted by Gasteiger charge is -2.23. The van der Waals surface area contributed by atoms with Crippen molar-refractivity contribution < 1.29 is 9.64 Å². The van der Waals surface area contributed by atoms with Gasteiger partial charge in [0.15, 0.2) is 0 Å². The van der Waals surface area contributed by atoms with Gasteiger partial charge in [-0.05, 0) is 52.9 Å². The first-order valence-electron chi connectivity index (χ1n) is 6.94. The summed E-state index contributed by atoms with van der Waals surface area (Å²) in [6.07, 6.45) is 5.25. The summed E-state index contributed by atoms with van der Waals surface area (Å²) in [7, 11) is 0. The molecule has 0 saturated carbocycles. The van der Waals surface area contributed by atoms with Gasteiger partial charge in [0.25, 0.3) is 0 Å². The highest BCUT2D eigenvalue weighted by Crippen LogP contribution is 2.11. The minimum absolute atomic E-state index is 0.0563. The zero-order valence-corrected chi connectivity index (χ0v) is 11.9. The summed E-state index contributed by atoms with van der Waals surface area (Å²) in [6, 6.07) is 0. The number of likely N-dealkylation sites (tertiary alicyclic amines) is 1. The lowest BCUT2D eigenvalue weighted by Crippen LogP contribution is -3.12. The molecule has 98 valence electrons. The minimum Gasteiger partial charge on any atom is -0.372 e. The molecule has 1 aliphatic heterocycles. The minimum atomic E-state index is -0.0563. The molecule has 0 aliphatic carbocycles. The molecule has 1 N–H and O–H groups in total. The molecule has 1 aliphatic rings. The summed E-state index contributed by atoms with van der Waals surface area (Å²) in [4.78, 5) is 1.66. The van der Waals surface area contributed by atoms with Crippen LogP contribution >= 0.6 is 0 Å². The van der Waals surface area contributed by atoms with Crippen LogP contribution in [-0.4, -0.2) is 31.3 Å². The molecule has 0 aromatic carbocycles. The van der Waals surface area contributed by atoms with Crippen LogP contribution in [0.5, 0.6) is 0 Å². The molecule has 17 heavy (non-hydrogen) atoms. The van der Waals surface area contributed by atoms with E-state index in [0.717, 1.165) is 13.0 Å². The SMILES string of the molecule is C[C@@H](CC#CC[NH+]1CCCCC1)OC(C)(C)C. The number of rotatable bonds is 3. The molecule has 2 nitrogen and oxygen atoms in total. The van der Waals surface area contributed by atoms with Crippen molar-refractivity contribution in [2.75, 3.05) is 19.6 Å². The van der Waals surface area contributed by atoms with Crippen LogP contribution in [0.4, 0.5) is 0 Å². The van der Waals surface area contributed by atoms with Gasteiger partial charge < -0.3 is 9.64 Å². The second-order valence-electron chi connectivity index (χ2n) is 6.09. The van der Waals surface area contributed by atoms with Crippen molar-refractivity contribution in [3.8, 4) is 11.8 Å². The molecule has 1 atom stereocenters. The predicted octanol–water partition coefficient (Wildman–Crippen LogP) is 1.65. The molecule has 1 rings (SSSR count). The van der Waals surface area contributed by atoms with E-state index in [1.807, 2.05) is 0 Å². The molecular formula is C15H28NO+. The fourth-order valence-electron chi connectivity index (χ4n) is 2.28. The normalized spacial score (nSPS) is 19.5. The Morgan fingerprint density at radius 1 is 1.12 bits per heavy atom. The lowest BCUT2D eigenvalue weighted by molar-refractivity contribution is -0.897. The summed E-state index contributed by atoms with van der Waals surface area (Å²) in [5.41, 5.74) is -0.0563. The van der Waals surface area contributed by atoms with Gasteiger partial charge in [0, 0.05) is 6.42 Å². The van der Waals surface area contributed by atoms with Gasteiger partial charge in [0.05, 0.1) is 24.8 Å². The van der Waals surface area contributed by atoms with E-state index in [1.54, 1.807) is 4.90 Å². The molecular weight excluding hydrogens is 210 g/mol. The van der Waals surface area contributed by atoms with Crippen molar-refractivity contribution >= 4 is 0 Å². The molecule has 1 fully saturated rings. The molecule has 0 spiro atoms. The first kappa shape index (κ1) is 14.5. The fraction of sp³-hybridized carbons (Fsp3) is 0.867. The quantitative estimate of drug-likeness (QED) is 0.738. The average Bonchev–Trinajstić information content (AvgIpc) is 2.23. The first-order chi connectivity index (χ1) is 7.97. The largest absolute Gasteiger partial charge is 0.372 e. The number of ether oxygens (including phenoxy) is 1. The van der Waals surface area contributed by atoms with Gasteiger partial charge in [-0.15, -0.1) is 0 Å². The number of piperidine rings is 1. The third-order valence-corrected chi connectivity index (χ3v) is 2.97. The zero-order chi connectivity index (χ0) is 12.7. The van der Waals surface area contributed by atoms with E-state index in [-0.39, 0.29) is 11.7 Å². The Balaban J connectivity index is 2.16. The van der Waals surface area contributed by atoms with Crippen molar-refractivity contribution in [2.45, 2.75) is 65.1 Å². The summed E-state index contributed by atoms with van der Waals surface area (Å²) in [6.45, 7) is 12.0. The topological polar surface area (TPSA) is 13.7 Å². The van der Waals surface area contributed by atoms with E-state index in [9.17, 15) is 0 Å². The van der Waals surface area contributed by atoms with Crippen LogP contribution in [0.25, 0.3) is 0 Å². The van der Waals surface area contributed by atoms with E-state index in [4.69, 9.17) is 4.74 Å². The Morgan fingerprint density at radius 2 is 1.76 bits per heavy atom. The Morgan fingerprint density at radius 3 is 2.35 bits per heavy atom. The van der Waals surface area contributed by atoms with Gasteiger partial charge in [0.1, 0.15) is 6.54 Å². The molecule has 0 bridgehead atoms. The van der Waals surface area contributed by atoms with Crippen LogP contribution in [0.2, 0.25) is 0 Å². The van der Waals surface area contributed by atoms with E-state index < -0.39 is 0 Å². The van der Waals surface area contributed by atoms with Crippen LogP contribution in [0.3, 0.4) is 0 Å². The Hall–Kier alpha value is -0.520. The number of quaternary nitrogens is 1. The maximum absolute atomic E-state index is 5.82. The van der Waals surface area contributed by atoms with Crippen molar-refractivity contribution in [3.05, 3.63) is 0 Å². The van der Waals surface area contributed by atoms with Crippen molar-refractivity contribution in [3.63, 3.8) is 0 Å². The highest BCUT2D eigenvalue weighted by Gasteiger charge is 2.14. The summed E-state index contributed by atoms with van der Waals surface area (Å²) < 4.78 is 5.82. The molecule has 1 heterocycles. The maximum Gasteiger partial charge on any atom is 0.139 e. The van der Waals surface area contributed by atoms with E-state index in [0.29, 0.717) is 0 Å². The lowest BCUT2D eigenvalue weighted by atomic mass is 10.1. The van der Waals surface area contributed by atoms with Gasteiger partial charge in [-0.25, -0.2) is 0 Å². The van der Waals surface area contributed by atoms with E-state index in [1.165, 1.54) is 32.4 Å². The second kappa shape index (κ2) is 7.03. The van der Waals surface area contributed by atoms with Crippen molar-refractivity contribution in [2.24, 2.45) is 0 Å². The van der Waals surface area contributed by atoms with Gasteiger partial charge >= 0.3 is 0 Å². The zero-order valence-electron chi connectivity index (χ0n) is 11.9. The molecule has 2 heteroatoms. The molecule has 0 amide bonds. The van der Waals surface area contributed by atoms with Gasteiger partial charge in [0.2, 0.25) is 0 Å². The molecule has 0 radical (unpaired) electrons. The smallest absolute Gasteiger partial charge is 0.139 e. The van der Waals surface area contributed by atoms with Crippen molar-refractivity contribution in [1.29, 1.82) is 0 Å². The Labute approximate surface area is 107 Å². The summed E-state index contributed by atoms with van der Waals surface area (Å²) in [5, 5.41) is 0. The van der Waals surface area contributed by atoms with Crippen LogP contribution in [0.15, 0.2) is 0 Å². The summed E-state index contributed by atoms with van der Waals surface area (Å²) in [5.74, 6) is 6.56. The Kier molecular flexibility index (Phi) is 6.02. The average molecular weight is 238 g/mol. The maximum atomic E-state index is 5.82. The molecule has 0 aromatic heterocycles. The van der Waals surface area contributed by atoms with E-state index >= 15 is 0 Å². The van der Waals surface area contributed by atoms with E-state index in [2.05, 4.69) is 39.5 Å². The van der Waals surface area contributed by atoms with Gasteiger partial charge in [-0.2, -0.15) is 0 Å². The number of hydrogen-bond donors (Lipinski definition) is 1. The number of nitrogens with one attached hydrogen (secondary N) is 1. The standard InChI is InChI=1S/C15H27NO/c1-14(17-15(2,3)4)10-6-9-13-16-11-7-5-8-12-16/h14H,5,7-8,10-13H2,1-4H3/p+1/t14-/m0/s1. The second-order valence-corrected chi connectivity index (χ2v) is 6.09. The van der Waals surface area contributed by atoms with Crippen molar-refractivity contribution in [1.82, 2.24) is 0 Å². The molecule has 0 unspecified atom stereocenters. The molecule has 1 saturated heterocycles. The number of hydrogen-bond acceptors (Lipinski definition) is 1. The monoisotopic (exact) mass is 238 g/mol. The summed E-state index contributed by atoms with van der Waals surface area (Å²) >= 11 is 0. The molecule has 0 aromatic rings. The van der Waals surface area contributed by atoms with Gasteiger partial charge in [-0.3, -0.25) is 0 Å². The highest BCUT2D eigenvalue weighted by molar-refractivity contribution is 5.00. The first-order valence-corrected chi connectivity index (χ1v) is 6.94. The van der Waals surface area contributed by atoms with Gasteiger partial charge in [-0.1, -0.05) is 5.92 Å². The van der Waals surface area contributed by atoms with Crippen LogP contribution in [0, 0.1) is 11.8 Å². The Bertz CT molecular complexity index is 263. The predicted molar refractivity (Wildman–Crippen MR) is 72.1 cm³/mol. The highest BCUT2D eigenvalue weighted by atomic mass is 16.5. The third-order valence-electron chi connectivity index (χ3n) is 2.97.